The Morgan fingerprint density at radius 1 is 1.35 bits per heavy atom. The minimum absolute atomic E-state index is 0.0104. The molecule has 1 heterocycles. The first kappa shape index (κ1) is 14.8. The van der Waals surface area contributed by atoms with E-state index in [1.807, 2.05) is 39.0 Å². The Labute approximate surface area is 126 Å². The zero-order chi connectivity index (χ0) is 14.9. The maximum atomic E-state index is 12.5. The van der Waals surface area contributed by atoms with Gasteiger partial charge in [-0.15, -0.1) is 0 Å². The van der Waals surface area contributed by atoms with Gasteiger partial charge >= 0.3 is 0 Å². The summed E-state index contributed by atoms with van der Waals surface area (Å²) in [5.41, 5.74) is 3.46. The minimum atomic E-state index is -0.0104. The summed E-state index contributed by atoms with van der Waals surface area (Å²) in [7, 11) is 1.79. The summed E-state index contributed by atoms with van der Waals surface area (Å²) < 4.78 is 6.03. The molecule has 0 N–H and O–H groups in total. The number of benzene rings is 1. The first-order valence-corrected chi connectivity index (χ1v) is 7.13. The van der Waals surface area contributed by atoms with Gasteiger partial charge in [0, 0.05) is 22.6 Å². The van der Waals surface area contributed by atoms with Crippen molar-refractivity contribution in [3.63, 3.8) is 0 Å². The number of amides is 1. The zero-order valence-corrected chi connectivity index (χ0v) is 13.6. The van der Waals surface area contributed by atoms with E-state index in [1.54, 1.807) is 11.9 Å². The average molecular weight is 337 g/mol. The van der Waals surface area contributed by atoms with Crippen molar-refractivity contribution < 1.29 is 9.32 Å². The minimum Gasteiger partial charge on any atom is -0.361 e. The van der Waals surface area contributed by atoms with Gasteiger partial charge in [0.05, 0.1) is 12.2 Å². The zero-order valence-electron chi connectivity index (χ0n) is 12.0. The molecule has 5 heteroatoms. The molecule has 2 rings (SSSR count). The van der Waals surface area contributed by atoms with Crippen molar-refractivity contribution in [1.29, 1.82) is 0 Å². The van der Waals surface area contributed by atoms with E-state index in [4.69, 9.17) is 4.52 Å². The van der Waals surface area contributed by atoms with E-state index < -0.39 is 0 Å². The summed E-state index contributed by atoms with van der Waals surface area (Å²) in [6.45, 7) is 6.17. The second-order valence-electron chi connectivity index (χ2n) is 4.92. The van der Waals surface area contributed by atoms with Crippen LogP contribution in [-0.4, -0.2) is 23.0 Å². The summed E-state index contributed by atoms with van der Waals surface area (Å²) in [5.74, 6) is 0.747. The van der Waals surface area contributed by atoms with Crippen LogP contribution in [0.15, 0.2) is 27.2 Å². The number of aromatic nitrogens is 1. The van der Waals surface area contributed by atoms with Gasteiger partial charge in [-0.1, -0.05) is 27.2 Å². The Balaban J connectivity index is 2.23. The van der Waals surface area contributed by atoms with Crippen molar-refractivity contribution in [1.82, 2.24) is 10.1 Å². The van der Waals surface area contributed by atoms with E-state index in [-0.39, 0.29) is 5.91 Å². The molecule has 0 radical (unpaired) electrons. The normalized spacial score (nSPS) is 10.7. The first-order chi connectivity index (χ1) is 9.40. The molecule has 106 valence electrons. The van der Waals surface area contributed by atoms with Crippen LogP contribution in [0.25, 0.3) is 0 Å². The van der Waals surface area contributed by atoms with Crippen molar-refractivity contribution >= 4 is 21.8 Å². The van der Waals surface area contributed by atoms with Crippen LogP contribution in [0, 0.1) is 20.8 Å². The fraction of sp³-hybridized carbons (Fsp3) is 0.333. The lowest BCUT2D eigenvalue weighted by Gasteiger charge is -2.18. The molecule has 0 atom stereocenters. The number of rotatable bonds is 3. The fourth-order valence-electron chi connectivity index (χ4n) is 2.07. The van der Waals surface area contributed by atoms with Crippen molar-refractivity contribution in [3.8, 4) is 0 Å². The van der Waals surface area contributed by atoms with Crippen LogP contribution >= 0.6 is 15.9 Å². The summed E-state index contributed by atoms with van der Waals surface area (Å²) >= 11 is 3.40. The highest BCUT2D eigenvalue weighted by Crippen LogP contribution is 2.20. The molecule has 0 aliphatic carbocycles. The van der Waals surface area contributed by atoms with Crippen LogP contribution in [0.5, 0.6) is 0 Å². The standard InChI is InChI=1S/C15H17BrN2O2/c1-9-5-6-12(16)7-13(9)15(19)18(4)8-14-10(2)17-20-11(14)3/h5-7H,8H2,1-4H3. The second-order valence-corrected chi connectivity index (χ2v) is 5.84. The second kappa shape index (κ2) is 5.79. The van der Waals surface area contributed by atoms with E-state index in [9.17, 15) is 4.79 Å². The van der Waals surface area contributed by atoms with E-state index >= 15 is 0 Å². The number of hydrogen-bond donors (Lipinski definition) is 0. The van der Waals surface area contributed by atoms with E-state index in [0.29, 0.717) is 12.1 Å². The highest BCUT2D eigenvalue weighted by Gasteiger charge is 2.18. The molecule has 0 spiro atoms. The molecule has 0 bridgehead atoms. The largest absolute Gasteiger partial charge is 0.361 e. The number of carbonyl (C=O) groups is 1. The third-order valence-electron chi connectivity index (χ3n) is 3.35. The van der Waals surface area contributed by atoms with Gasteiger partial charge in [-0.3, -0.25) is 4.79 Å². The summed E-state index contributed by atoms with van der Waals surface area (Å²) in [6.07, 6.45) is 0. The molecule has 0 aliphatic rings. The van der Waals surface area contributed by atoms with Gasteiger partial charge < -0.3 is 9.42 Å². The molecule has 20 heavy (non-hydrogen) atoms. The maximum absolute atomic E-state index is 12.5. The number of carbonyl (C=O) groups excluding carboxylic acids is 1. The van der Waals surface area contributed by atoms with Crippen LogP contribution in [0.3, 0.4) is 0 Å². The highest BCUT2D eigenvalue weighted by atomic mass is 79.9. The van der Waals surface area contributed by atoms with E-state index in [1.165, 1.54) is 0 Å². The Morgan fingerprint density at radius 3 is 2.65 bits per heavy atom. The van der Waals surface area contributed by atoms with Crippen molar-refractivity contribution in [2.24, 2.45) is 0 Å². The number of nitrogens with zero attached hydrogens (tertiary/aromatic N) is 2. The van der Waals surface area contributed by atoms with Gasteiger partial charge in [0.1, 0.15) is 5.76 Å². The van der Waals surface area contributed by atoms with Gasteiger partial charge in [0.15, 0.2) is 0 Å². The topological polar surface area (TPSA) is 46.3 Å². The fourth-order valence-corrected chi connectivity index (χ4v) is 2.43. The van der Waals surface area contributed by atoms with Crippen molar-refractivity contribution in [3.05, 3.63) is 50.8 Å². The Morgan fingerprint density at radius 2 is 2.05 bits per heavy atom. The molecule has 4 nitrogen and oxygen atoms in total. The summed E-state index contributed by atoms with van der Waals surface area (Å²) in [4.78, 5) is 14.2. The van der Waals surface area contributed by atoms with Crippen LogP contribution < -0.4 is 0 Å². The molecule has 0 saturated heterocycles. The first-order valence-electron chi connectivity index (χ1n) is 6.33. The highest BCUT2D eigenvalue weighted by molar-refractivity contribution is 9.10. The van der Waals surface area contributed by atoms with Crippen LogP contribution in [0.4, 0.5) is 0 Å². The van der Waals surface area contributed by atoms with Gasteiger partial charge in [0.2, 0.25) is 0 Å². The predicted octanol–water partition coefficient (Wildman–Crippen LogP) is 3.63. The van der Waals surface area contributed by atoms with Crippen LogP contribution in [0.1, 0.15) is 32.9 Å². The van der Waals surface area contributed by atoms with E-state index in [0.717, 1.165) is 27.1 Å². The van der Waals surface area contributed by atoms with Gasteiger partial charge in [-0.05, 0) is 38.5 Å². The smallest absolute Gasteiger partial charge is 0.254 e. The lowest BCUT2D eigenvalue weighted by atomic mass is 10.1. The number of hydrogen-bond acceptors (Lipinski definition) is 3. The lowest BCUT2D eigenvalue weighted by molar-refractivity contribution is 0.0783. The molecule has 0 fully saturated rings. The quantitative estimate of drug-likeness (QED) is 0.859. The Kier molecular flexibility index (Phi) is 4.28. The van der Waals surface area contributed by atoms with Crippen LogP contribution in [0.2, 0.25) is 0 Å². The van der Waals surface area contributed by atoms with Crippen LogP contribution in [-0.2, 0) is 6.54 Å². The SMILES string of the molecule is Cc1ccc(Br)cc1C(=O)N(C)Cc1c(C)noc1C. The number of aryl methyl sites for hydroxylation is 3. The molecule has 0 aliphatic heterocycles. The molecule has 2 aromatic rings. The summed E-state index contributed by atoms with van der Waals surface area (Å²) in [6, 6.07) is 5.71. The third-order valence-corrected chi connectivity index (χ3v) is 3.85. The molecule has 1 aromatic heterocycles. The maximum Gasteiger partial charge on any atom is 0.254 e. The van der Waals surface area contributed by atoms with Crippen molar-refractivity contribution in [2.75, 3.05) is 7.05 Å². The molecular formula is C15H17BrN2O2. The van der Waals surface area contributed by atoms with Gasteiger partial charge in [-0.2, -0.15) is 0 Å². The Bertz CT molecular complexity index is 630. The van der Waals surface area contributed by atoms with Crippen molar-refractivity contribution in [2.45, 2.75) is 27.3 Å². The van der Waals surface area contributed by atoms with Gasteiger partial charge in [0.25, 0.3) is 5.91 Å². The summed E-state index contributed by atoms with van der Waals surface area (Å²) in [5, 5.41) is 3.91. The predicted molar refractivity (Wildman–Crippen MR) is 80.7 cm³/mol. The van der Waals surface area contributed by atoms with E-state index in [2.05, 4.69) is 21.1 Å². The monoisotopic (exact) mass is 336 g/mol. The van der Waals surface area contributed by atoms with Gasteiger partial charge in [-0.25, -0.2) is 0 Å². The lowest BCUT2D eigenvalue weighted by Crippen LogP contribution is -2.27. The molecule has 1 aromatic carbocycles. The molecule has 0 saturated carbocycles. The molecule has 1 amide bonds. The Hall–Kier alpha value is -1.62. The third kappa shape index (κ3) is 2.93. The average Bonchev–Trinajstić information content (AvgIpc) is 2.72. The number of halogens is 1. The molecular weight excluding hydrogens is 320 g/mol. The molecule has 0 unspecified atom stereocenters.